The van der Waals surface area contributed by atoms with Crippen LogP contribution in [-0.4, -0.2) is 16.6 Å². The maximum Gasteiger partial charge on any atom is 0.119 e. The highest BCUT2D eigenvalue weighted by Gasteiger charge is 2.20. The van der Waals surface area contributed by atoms with Crippen molar-refractivity contribution in [3.8, 4) is 17.0 Å². The topological polar surface area (TPSA) is 35.0 Å². The number of hydrogen-bond acceptors (Lipinski definition) is 3. The summed E-state index contributed by atoms with van der Waals surface area (Å²) in [5, 5.41) is 0. The predicted octanol–water partition coefficient (Wildman–Crippen LogP) is 8.81. The number of ether oxygens (including phenoxy) is 1. The van der Waals surface area contributed by atoms with Gasteiger partial charge in [-0.25, -0.2) is 0 Å². The smallest absolute Gasteiger partial charge is 0.119 e. The molecule has 1 aliphatic rings. The molecule has 1 heterocycles. The molecule has 0 saturated heterocycles. The molecule has 0 atom stereocenters. The quantitative estimate of drug-likeness (QED) is 0.254. The Labute approximate surface area is 202 Å². The maximum absolute atomic E-state index is 6.02. The molecule has 3 nitrogen and oxygen atoms in total. The van der Waals surface area contributed by atoms with Gasteiger partial charge in [0.05, 0.1) is 24.2 Å². The van der Waals surface area contributed by atoms with E-state index in [1.807, 2.05) is 12.4 Å². The highest BCUT2D eigenvalue weighted by Crippen LogP contribution is 2.34. The van der Waals surface area contributed by atoms with E-state index in [9.17, 15) is 0 Å². The third kappa shape index (κ3) is 9.47. The number of benzene rings is 1. The Morgan fingerprint density at radius 2 is 1.39 bits per heavy atom. The summed E-state index contributed by atoms with van der Waals surface area (Å²) in [7, 11) is 0. The van der Waals surface area contributed by atoms with Gasteiger partial charge in [-0.1, -0.05) is 84.5 Å². The Morgan fingerprint density at radius 1 is 0.727 bits per heavy atom. The molecule has 3 rings (SSSR count). The van der Waals surface area contributed by atoms with Crippen LogP contribution in [0, 0.1) is 11.8 Å². The van der Waals surface area contributed by atoms with E-state index in [0.717, 1.165) is 47.6 Å². The number of unbranched alkanes of at least 4 members (excludes halogenated alkanes) is 5. The first-order valence-corrected chi connectivity index (χ1v) is 13.8. The fourth-order valence-corrected chi connectivity index (χ4v) is 5.12. The van der Waals surface area contributed by atoms with Crippen molar-refractivity contribution in [3.05, 3.63) is 42.4 Å². The molecule has 0 amide bonds. The summed E-state index contributed by atoms with van der Waals surface area (Å²) in [6, 6.07) is 8.31. The summed E-state index contributed by atoms with van der Waals surface area (Å²) < 4.78 is 6.02. The minimum absolute atomic E-state index is 0.822. The summed E-state index contributed by atoms with van der Waals surface area (Å²) in [5.41, 5.74) is 3.11. The third-order valence-corrected chi connectivity index (χ3v) is 7.35. The molecular weight excluding hydrogens is 404 g/mol. The van der Waals surface area contributed by atoms with E-state index >= 15 is 0 Å². The molecule has 0 N–H and O–H groups in total. The molecule has 182 valence electrons. The molecule has 0 spiro atoms. The molecule has 33 heavy (non-hydrogen) atoms. The van der Waals surface area contributed by atoms with Crippen LogP contribution in [0.2, 0.25) is 0 Å². The van der Waals surface area contributed by atoms with Crippen LogP contribution in [0.4, 0.5) is 0 Å². The monoisotopic (exact) mass is 450 g/mol. The third-order valence-electron chi connectivity index (χ3n) is 7.35. The molecule has 3 heteroatoms. The molecule has 1 saturated carbocycles. The van der Waals surface area contributed by atoms with Crippen LogP contribution in [-0.2, 0) is 6.42 Å². The SMILES string of the molecule is CCCCCCCC1CCC(CCCOc2ccc(-c3cnc(CCCC)cn3)cc2)CC1. The van der Waals surface area contributed by atoms with E-state index in [1.54, 1.807) is 0 Å². The Bertz CT molecular complexity index is 748. The molecule has 0 radical (unpaired) electrons. The van der Waals surface area contributed by atoms with Crippen LogP contribution >= 0.6 is 0 Å². The zero-order valence-electron chi connectivity index (χ0n) is 21.2. The van der Waals surface area contributed by atoms with Gasteiger partial charge in [0.2, 0.25) is 0 Å². The molecule has 0 bridgehead atoms. The second-order valence-electron chi connectivity index (χ2n) is 10.1. The van der Waals surface area contributed by atoms with E-state index in [1.165, 1.54) is 89.9 Å². The van der Waals surface area contributed by atoms with Gasteiger partial charge in [0.25, 0.3) is 0 Å². The Kier molecular flexibility index (Phi) is 11.8. The van der Waals surface area contributed by atoms with E-state index in [2.05, 4.69) is 48.1 Å². The second kappa shape index (κ2) is 15.1. The molecular formula is C30H46N2O. The van der Waals surface area contributed by atoms with Crippen molar-refractivity contribution in [1.82, 2.24) is 9.97 Å². The Balaban J connectivity index is 1.28. The van der Waals surface area contributed by atoms with Gasteiger partial charge in [-0.15, -0.1) is 0 Å². The zero-order chi connectivity index (χ0) is 23.1. The van der Waals surface area contributed by atoms with Crippen molar-refractivity contribution in [3.63, 3.8) is 0 Å². The summed E-state index contributed by atoms with van der Waals surface area (Å²) in [5.74, 6) is 2.89. The van der Waals surface area contributed by atoms with Crippen molar-refractivity contribution >= 4 is 0 Å². The summed E-state index contributed by atoms with van der Waals surface area (Å²) in [4.78, 5) is 9.14. The standard InChI is InChI=1S/C30H46N2O/c1-3-5-7-8-9-11-25-14-16-26(17-15-25)12-10-22-33-29-20-18-27(19-21-29)30-24-31-28(23-32-30)13-6-4-2/h18-21,23-26H,3-17,22H2,1-2H3. The van der Waals surface area contributed by atoms with Gasteiger partial charge in [0, 0.05) is 11.8 Å². The number of rotatable bonds is 15. The van der Waals surface area contributed by atoms with Crippen molar-refractivity contribution in [2.24, 2.45) is 11.8 Å². The minimum Gasteiger partial charge on any atom is -0.494 e. The van der Waals surface area contributed by atoms with Crippen LogP contribution in [0.15, 0.2) is 36.7 Å². The van der Waals surface area contributed by atoms with E-state index in [0.29, 0.717) is 0 Å². The van der Waals surface area contributed by atoms with E-state index in [4.69, 9.17) is 4.74 Å². The summed E-state index contributed by atoms with van der Waals surface area (Å²) >= 11 is 0. The largest absolute Gasteiger partial charge is 0.494 e. The van der Waals surface area contributed by atoms with E-state index < -0.39 is 0 Å². The average Bonchev–Trinajstić information content (AvgIpc) is 2.87. The number of nitrogens with zero attached hydrogens (tertiary/aromatic N) is 2. The average molecular weight is 451 g/mol. The fourth-order valence-electron chi connectivity index (χ4n) is 5.12. The van der Waals surface area contributed by atoms with Crippen molar-refractivity contribution < 1.29 is 4.74 Å². The lowest BCUT2D eigenvalue weighted by Crippen LogP contribution is -2.15. The lowest BCUT2D eigenvalue weighted by atomic mass is 9.78. The van der Waals surface area contributed by atoms with Gasteiger partial charge < -0.3 is 4.74 Å². The van der Waals surface area contributed by atoms with Gasteiger partial charge >= 0.3 is 0 Å². The van der Waals surface area contributed by atoms with Gasteiger partial charge in [0.1, 0.15) is 5.75 Å². The van der Waals surface area contributed by atoms with Crippen molar-refractivity contribution in [1.29, 1.82) is 0 Å². The lowest BCUT2D eigenvalue weighted by molar-refractivity contribution is 0.228. The number of aromatic nitrogens is 2. The second-order valence-corrected chi connectivity index (χ2v) is 10.1. The molecule has 1 fully saturated rings. The van der Waals surface area contributed by atoms with Crippen molar-refractivity contribution in [2.75, 3.05) is 6.61 Å². The highest BCUT2D eigenvalue weighted by molar-refractivity contribution is 5.58. The molecule has 1 aromatic carbocycles. The Morgan fingerprint density at radius 3 is 2.03 bits per heavy atom. The van der Waals surface area contributed by atoms with Crippen LogP contribution in [0.5, 0.6) is 5.75 Å². The van der Waals surface area contributed by atoms with Gasteiger partial charge in [0.15, 0.2) is 0 Å². The first-order chi connectivity index (χ1) is 16.3. The zero-order valence-corrected chi connectivity index (χ0v) is 21.2. The predicted molar refractivity (Wildman–Crippen MR) is 140 cm³/mol. The molecule has 0 unspecified atom stereocenters. The number of aryl methyl sites for hydroxylation is 1. The van der Waals surface area contributed by atoms with Crippen LogP contribution < -0.4 is 4.74 Å². The minimum atomic E-state index is 0.822. The normalized spacial score (nSPS) is 18.4. The molecule has 0 aliphatic heterocycles. The number of hydrogen-bond donors (Lipinski definition) is 0. The van der Waals surface area contributed by atoms with Gasteiger partial charge in [-0.05, 0) is 61.8 Å². The van der Waals surface area contributed by atoms with Crippen LogP contribution in [0.3, 0.4) is 0 Å². The Hall–Kier alpha value is -1.90. The molecule has 2 aromatic rings. The maximum atomic E-state index is 6.02. The van der Waals surface area contributed by atoms with Crippen LogP contribution in [0.1, 0.15) is 109 Å². The molecule has 1 aromatic heterocycles. The first kappa shape index (κ1) is 25.7. The first-order valence-electron chi connectivity index (χ1n) is 13.8. The lowest BCUT2D eigenvalue weighted by Gasteiger charge is -2.28. The molecule has 1 aliphatic carbocycles. The summed E-state index contributed by atoms with van der Waals surface area (Å²) in [6.45, 7) is 5.32. The fraction of sp³-hybridized carbons (Fsp3) is 0.667. The van der Waals surface area contributed by atoms with Gasteiger partial charge in [-0.3, -0.25) is 9.97 Å². The van der Waals surface area contributed by atoms with Crippen LogP contribution in [0.25, 0.3) is 11.3 Å². The van der Waals surface area contributed by atoms with Gasteiger partial charge in [-0.2, -0.15) is 0 Å². The highest BCUT2D eigenvalue weighted by atomic mass is 16.5. The summed E-state index contributed by atoms with van der Waals surface area (Å²) in [6.07, 6.45) is 24.0. The van der Waals surface area contributed by atoms with E-state index in [-0.39, 0.29) is 0 Å². The van der Waals surface area contributed by atoms with Crippen molar-refractivity contribution in [2.45, 2.75) is 110 Å².